The minimum absolute atomic E-state index is 0.0223. The molecule has 0 saturated heterocycles. The van der Waals surface area contributed by atoms with Crippen molar-refractivity contribution in [3.8, 4) is 0 Å². The molecule has 10 heavy (non-hydrogen) atoms. The van der Waals surface area contributed by atoms with E-state index in [1.807, 2.05) is 0 Å². The molecule has 0 aromatic rings. The smallest absolute Gasteiger partial charge is 0.152 e. The molecule has 3 N–H and O–H groups in total. The van der Waals surface area contributed by atoms with Gasteiger partial charge in [0.15, 0.2) is 5.78 Å². The highest BCUT2D eigenvalue weighted by atomic mass is 16.3. The zero-order chi connectivity index (χ0) is 8.15. The van der Waals surface area contributed by atoms with Gasteiger partial charge in [0.25, 0.3) is 0 Å². The van der Waals surface area contributed by atoms with E-state index in [1.54, 1.807) is 13.8 Å². The molecule has 0 heterocycles. The van der Waals surface area contributed by atoms with E-state index in [2.05, 4.69) is 0 Å². The Hall–Kier alpha value is -0.410. The van der Waals surface area contributed by atoms with Crippen LogP contribution in [0.25, 0.3) is 0 Å². The molecule has 0 amide bonds. The minimum Gasteiger partial charge on any atom is -0.396 e. The lowest BCUT2D eigenvalue weighted by atomic mass is 9.99. The summed E-state index contributed by atoms with van der Waals surface area (Å²) < 4.78 is 0. The fourth-order valence-corrected chi connectivity index (χ4v) is 0.785. The van der Waals surface area contributed by atoms with Crippen LogP contribution in [0.4, 0.5) is 0 Å². The molecule has 2 unspecified atom stereocenters. The van der Waals surface area contributed by atoms with Gasteiger partial charge in [-0.15, -0.1) is 0 Å². The number of nitrogens with two attached hydrogens (primary N) is 1. The number of Topliss-reactive ketones (excluding diaryl/α,β-unsaturated/α-hetero) is 1. The largest absolute Gasteiger partial charge is 0.396 e. The number of aliphatic hydroxyl groups is 1. The van der Waals surface area contributed by atoms with Crippen LogP contribution in [0.1, 0.15) is 20.3 Å². The number of ketones is 1. The molecule has 3 nitrogen and oxygen atoms in total. The van der Waals surface area contributed by atoms with E-state index in [4.69, 9.17) is 10.8 Å². The number of rotatable bonds is 4. The van der Waals surface area contributed by atoms with Crippen molar-refractivity contribution in [2.75, 3.05) is 6.61 Å². The molecule has 0 saturated carbocycles. The van der Waals surface area contributed by atoms with Gasteiger partial charge in [0.2, 0.25) is 0 Å². The lowest BCUT2D eigenvalue weighted by Gasteiger charge is -2.10. The molecule has 0 fully saturated rings. The lowest BCUT2D eigenvalue weighted by molar-refractivity contribution is -0.123. The Morgan fingerprint density at radius 3 is 2.40 bits per heavy atom. The predicted molar refractivity (Wildman–Crippen MR) is 39.5 cm³/mol. The zero-order valence-corrected chi connectivity index (χ0v) is 6.50. The predicted octanol–water partition coefficient (Wildman–Crippen LogP) is -0.0788. The maximum Gasteiger partial charge on any atom is 0.152 e. The van der Waals surface area contributed by atoms with Crippen molar-refractivity contribution in [1.82, 2.24) is 0 Å². The van der Waals surface area contributed by atoms with Gasteiger partial charge in [0, 0.05) is 12.5 Å². The topological polar surface area (TPSA) is 63.3 Å². The summed E-state index contributed by atoms with van der Waals surface area (Å²) in [6, 6.07) is -0.401. The third-order valence-electron chi connectivity index (χ3n) is 1.50. The summed E-state index contributed by atoms with van der Waals surface area (Å²) in [6.45, 7) is 3.50. The molecule has 0 rings (SSSR count). The Bertz CT molecular complexity index is 112. The zero-order valence-electron chi connectivity index (χ0n) is 6.50. The van der Waals surface area contributed by atoms with E-state index in [9.17, 15) is 4.79 Å². The van der Waals surface area contributed by atoms with E-state index in [1.165, 1.54) is 0 Å². The third-order valence-corrected chi connectivity index (χ3v) is 1.50. The summed E-state index contributed by atoms with van der Waals surface area (Å²) in [5.41, 5.74) is 5.34. The van der Waals surface area contributed by atoms with Gasteiger partial charge < -0.3 is 10.8 Å². The number of aliphatic hydroxyl groups excluding tert-OH is 1. The Morgan fingerprint density at radius 1 is 1.60 bits per heavy atom. The summed E-state index contributed by atoms with van der Waals surface area (Å²) in [4.78, 5) is 11.0. The number of carbonyl (C=O) groups excluding carboxylic acids is 1. The molecule has 0 spiro atoms. The Labute approximate surface area is 61.2 Å². The van der Waals surface area contributed by atoms with Crippen molar-refractivity contribution < 1.29 is 9.90 Å². The molecule has 0 aromatic carbocycles. The molecule has 2 atom stereocenters. The average Bonchev–Trinajstić information content (AvgIpc) is 1.87. The van der Waals surface area contributed by atoms with Crippen molar-refractivity contribution in [2.45, 2.75) is 26.3 Å². The summed E-state index contributed by atoms with van der Waals surface area (Å²) in [6.07, 6.45) is 0.514. The van der Waals surface area contributed by atoms with Crippen LogP contribution in [0.15, 0.2) is 0 Å². The standard InChI is InChI=1S/C7H15NO2/c1-5(3-4-9)7(10)6(2)8/h5-6,9H,3-4,8H2,1-2H3. The van der Waals surface area contributed by atoms with E-state index < -0.39 is 6.04 Å². The van der Waals surface area contributed by atoms with Crippen LogP contribution in [-0.4, -0.2) is 23.5 Å². The van der Waals surface area contributed by atoms with Gasteiger partial charge in [-0.3, -0.25) is 4.79 Å². The monoisotopic (exact) mass is 145 g/mol. The van der Waals surface area contributed by atoms with Crippen molar-refractivity contribution in [2.24, 2.45) is 11.7 Å². The van der Waals surface area contributed by atoms with Crippen LogP contribution in [0.5, 0.6) is 0 Å². The first-order valence-corrected chi connectivity index (χ1v) is 3.49. The molecule has 60 valence electrons. The molecule has 0 radical (unpaired) electrons. The summed E-state index contributed by atoms with van der Waals surface area (Å²) in [5, 5.41) is 8.47. The summed E-state index contributed by atoms with van der Waals surface area (Å²) >= 11 is 0. The highest BCUT2D eigenvalue weighted by Gasteiger charge is 2.15. The van der Waals surface area contributed by atoms with Crippen LogP contribution in [-0.2, 0) is 4.79 Å². The first-order chi connectivity index (χ1) is 4.59. The first kappa shape index (κ1) is 9.59. The maximum absolute atomic E-state index is 11.0. The van der Waals surface area contributed by atoms with Gasteiger partial charge in [-0.1, -0.05) is 6.92 Å². The fraction of sp³-hybridized carbons (Fsp3) is 0.857. The second-order valence-corrected chi connectivity index (χ2v) is 2.60. The highest BCUT2D eigenvalue weighted by molar-refractivity contribution is 5.85. The van der Waals surface area contributed by atoms with Crippen LogP contribution in [0.2, 0.25) is 0 Å². The van der Waals surface area contributed by atoms with Crippen LogP contribution in [0, 0.1) is 5.92 Å². The molecule has 0 bridgehead atoms. The number of carbonyl (C=O) groups is 1. The third kappa shape index (κ3) is 2.94. The Morgan fingerprint density at radius 2 is 2.10 bits per heavy atom. The minimum atomic E-state index is -0.401. The van der Waals surface area contributed by atoms with E-state index >= 15 is 0 Å². The molecule has 3 heteroatoms. The van der Waals surface area contributed by atoms with Gasteiger partial charge in [-0.25, -0.2) is 0 Å². The van der Waals surface area contributed by atoms with Gasteiger partial charge >= 0.3 is 0 Å². The van der Waals surface area contributed by atoms with Crippen LogP contribution < -0.4 is 5.73 Å². The van der Waals surface area contributed by atoms with Crippen molar-refractivity contribution in [1.29, 1.82) is 0 Å². The SMILES string of the molecule is CC(N)C(=O)C(C)CCO. The van der Waals surface area contributed by atoms with Gasteiger partial charge in [0.05, 0.1) is 6.04 Å². The second kappa shape index (κ2) is 4.41. The van der Waals surface area contributed by atoms with Crippen LogP contribution >= 0.6 is 0 Å². The fourth-order valence-electron chi connectivity index (χ4n) is 0.785. The molecular weight excluding hydrogens is 130 g/mol. The summed E-state index contributed by atoms with van der Waals surface area (Å²) in [5.74, 6) is -0.0842. The van der Waals surface area contributed by atoms with Gasteiger partial charge in [0.1, 0.15) is 0 Å². The van der Waals surface area contributed by atoms with E-state index in [0.717, 1.165) is 0 Å². The molecule has 0 aliphatic heterocycles. The molecular formula is C7H15NO2. The van der Waals surface area contributed by atoms with E-state index in [0.29, 0.717) is 6.42 Å². The van der Waals surface area contributed by atoms with Crippen molar-refractivity contribution >= 4 is 5.78 Å². The molecule has 0 aromatic heterocycles. The first-order valence-electron chi connectivity index (χ1n) is 3.49. The van der Waals surface area contributed by atoms with Crippen molar-refractivity contribution in [3.63, 3.8) is 0 Å². The summed E-state index contributed by atoms with van der Waals surface area (Å²) in [7, 11) is 0. The number of hydrogen-bond acceptors (Lipinski definition) is 3. The Kier molecular flexibility index (Phi) is 4.23. The van der Waals surface area contributed by atoms with Crippen molar-refractivity contribution in [3.05, 3.63) is 0 Å². The molecule has 0 aliphatic rings. The van der Waals surface area contributed by atoms with E-state index in [-0.39, 0.29) is 18.3 Å². The lowest BCUT2D eigenvalue weighted by Crippen LogP contribution is -2.31. The highest BCUT2D eigenvalue weighted by Crippen LogP contribution is 2.03. The van der Waals surface area contributed by atoms with Crippen LogP contribution in [0.3, 0.4) is 0 Å². The molecule has 0 aliphatic carbocycles. The quantitative estimate of drug-likeness (QED) is 0.581. The van der Waals surface area contributed by atoms with Gasteiger partial charge in [-0.2, -0.15) is 0 Å². The normalized spacial score (nSPS) is 16.4. The maximum atomic E-state index is 11.0. The Balaban J connectivity index is 3.71. The number of hydrogen-bond donors (Lipinski definition) is 2. The average molecular weight is 145 g/mol. The second-order valence-electron chi connectivity index (χ2n) is 2.60. The van der Waals surface area contributed by atoms with Gasteiger partial charge in [-0.05, 0) is 13.3 Å².